The molecule has 0 unspecified atom stereocenters. The summed E-state index contributed by atoms with van der Waals surface area (Å²) >= 11 is 1.56. The average molecular weight is 456 g/mol. The molecule has 0 saturated carbocycles. The molecule has 0 atom stereocenters. The number of para-hydroxylation sites is 2. The molecule has 4 rings (SSSR count). The van der Waals surface area contributed by atoms with Crippen molar-refractivity contribution >= 4 is 32.6 Å². The first-order valence-electron chi connectivity index (χ1n) is 10.8. The number of methoxy groups -OCH3 is 1. The van der Waals surface area contributed by atoms with Gasteiger partial charge in [0, 0.05) is 26.2 Å². The molecular weight excluding hydrogens is 426 g/mol. The van der Waals surface area contributed by atoms with Gasteiger partial charge in [0.1, 0.15) is 0 Å². The van der Waals surface area contributed by atoms with Gasteiger partial charge in [-0.15, -0.1) is 0 Å². The molecule has 1 fully saturated rings. The summed E-state index contributed by atoms with van der Waals surface area (Å²) in [4.78, 5) is 22.2. The van der Waals surface area contributed by atoms with Crippen LogP contribution in [-0.2, 0) is 9.53 Å². The van der Waals surface area contributed by atoms with E-state index in [1.54, 1.807) is 29.4 Å². The number of benzene rings is 2. The third-order valence-corrected chi connectivity index (χ3v) is 6.73. The molecule has 7 nitrogen and oxygen atoms in total. The van der Waals surface area contributed by atoms with E-state index in [-0.39, 0.29) is 12.5 Å². The number of anilines is 1. The van der Waals surface area contributed by atoms with Crippen LogP contribution in [0.5, 0.6) is 11.5 Å². The normalized spacial score (nSPS) is 14.5. The van der Waals surface area contributed by atoms with Gasteiger partial charge in [0.15, 0.2) is 23.2 Å². The van der Waals surface area contributed by atoms with Crippen LogP contribution >= 0.6 is 11.3 Å². The molecule has 1 aliphatic heterocycles. The summed E-state index contributed by atoms with van der Waals surface area (Å²) in [6.07, 6.45) is 0. The van der Waals surface area contributed by atoms with Gasteiger partial charge in [-0.2, -0.15) is 0 Å². The van der Waals surface area contributed by atoms with Crippen molar-refractivity contribution in [3.8, 4) is 11.5 Å². The Kier molecular flexibility index (Phi) is 7.24. The van der Waals surface area contributed by atoms with Gasteiger partial charge >= 0.3 is 0 Å². The second-order valence-electron chi connectivity index (χ2n) is 7.87. The molecule has 2 heterocycles. The highest BCUT2D eigenvalue weighted by molar-refractivity contribution is 7.22. The third kappa shape index (κ3) is 5.20. The third-order valence-electron chi connectivity index (χ3n) is 5.50. The van der Waals surface area contributed by atoms with E-state index in [0.29, 0.717) is 23.2 Å². The van der Waals surface area contributed by atoms with Crippen molar-refractivity contribution in [1.82, 2.24) is 9.88 Å². The zero-order valence-electron chi connectivity index (χ0n) is 18.8. The minimum absolute atomic E-state index is 0.0859. The molecule has 2 aromatic carbocycles. The summed E-state index contributed by atoms with van der Waals surface area (Å²) in [5, 5.41) is 0.704. The Balaban J connectivity index is 1.55. The zero-order chi connectivity index (χ0) is 22.5. The lowest BCUT2D eigenvalue weighted by atomic mass is 10.1. The van der Waals surface area contributed by atoms with Gasteiger partial charge in [-0.25, -0.2) is 4.98 Å². The van der Waals surface area contributed by atoms with Crippen molar-refractivity contribution in [3.63, 3.8) is 0 Å². The van der Waals surface area contributed by atoms with E-state index >= 15 is 0 Å². The van der Waals surface area contributed by atoms with Crippen LogP contribution in [0.15, 0.2) is 36.4 Å². The van der Waals surface area contributed by atoms with E-state index in [1.807, 2.05) is 18.2 Å². The molecule has 170 valence electrons. The summed E-state index contributed by atoms with van der Waals surface area (Å²) < 4.78 is 17.7. The number of hydrogen-bond donors (Lipinski definition) is 0. The van der Waals surface area contributed by atoms with E-state index in [9.17, 15) is 4.79 Å². The van der Waals surface area contributed by atoms with Crippen LogP contribution in [0.3, 0.4) is 0 Å². The van der Waals surface area contributed by atoms with Crippen LogP contribution in [0, 0.1) is 13.8 Å². The van der Waals surface area contributed by atoms with E-state index in [2.05, 4.69) is 30.9 Å². The second kappa shape index (κ2) is 10.3. The molecule has 3 aromatic rings. The van der Waals surface area contributed by atoms with Gasteiger partial charge in [-0.3, -0.25) is 14.6 Å². The Morgan fingerprint density at radius 2 is 1.94 bits per heavy atom. The predicted molar refractivity (Wildman–Crippen MR) is 127 cm³/mol. The van der Waals surface area contributed by atoms with Crippen molar-refractivity contribution in [2.24, 2.45) is 0 Å². The Labute approximate surface area is 192 Å². The van der Waals surface area contributed by atoms with Gasteiger partial charge in [0.2, 0.25) is 0 Å². The summed E-state index contributed by atoms with van der Waals surface area (Å²) in [6, 6.07) is 11.6. The first-order chi connectivity index (χ1) is 15.5. The van der Waals surface area contributed by atoms with Crippen LogP contribution in [0.2, 0.25) is 0 Å². The maximum absolute atomic E-state index is 13.3. The van der Waals surface area contributed by atoms with E-state index in [4.69, 9.17) is 19.2 Å². The maximum Gasteiger partial charge on any atom is 0.266 e. The summed E-state index contributed by atoms with van der Waals surface area (Å²) in [5.74, 6) is 1.02. The number of aromatic nitrogens is 1. The SMILES string of the molecule is COc1ccccc1OCC(=O)N(CCN1CCOCC1)c1nc2cc(C)cc(C)c2s1. The van der Waals surface area contributed by atoms with Gasteiger partial charge in [0.25, 0.3) is 5.91 Å². The topological polar surface area (TPSA) is 64.1 Å². The van der Waals surface area contributed by atoms with Crippen molar-refractivity contribution < 1.29 is 19.0 Å². The van der Waals surface area contributed by atoms with E-state index < -0.39 is 0 Å². The number of carbonyl (C=O) groups excluding carboxylic acids is 1. The number of rotatable bonds is 8. The first kappa shape index (κ1) is 22.5. The fourth-order valence-electron chi connectivity index (χ4n) is 3.83. The van der Waals surface area contributed by atoms with Gasteiger partial charge in [-0.05, 0) is 43.2 Å². The quantitative estimate of drug-likeness (QED) is 0.517. The van der Waals surface area contributed by atoms with Crippen LogP contribution < -0.4 is 14.4 Å². The molecule has 1 amide bonds. The second-order valence-corrected chi connectivity index (χ2v) is 8.84. The van der Waals surface area contributed by atoms with Crippen LogP contribution in [0.1, 0.15) is 11.1 Å². The van der Waals surface area contributed by atoms with Crippen molar-refractivity contribution in [1.29, 1.82) is 0 Å². The fourth-order valence-corrected chi connectivity index (χ4v) is 4.89. The number of thiazole rings is 1. The molecule has 8 heteroatoms. The monoisotopic (exact) mass is 455 g/mol. The lowest BCUT2D eigenvalue weighted by Gasteiger charge is -2.29. The Morgan fingerprint density at radius 3 is 2.69 bits per heavy atom. The Hall–Kier alpha value is -2.68. The molecule has 0 aliphatic carbocycles. The van der Waals surface area contributed by atoms with E-state index in [0.717, 1.165) is 48.6 Å². The van der Waals surface area contributed by atoms with Crippen LogP contribution in [0.4, 0.5) is 5.13 Å². The number of ether oxygens (including phenoxy) is 3. The number of nitrogens with zero attached hydrogens (tertiary/aromatic N) is 3. The number of carbonyl (C=O) groups is 1. The molecule has 0 N–H and O–H groups in total. The number of morpholine rings is 1. The minimum atomic E-state index is -0.127. The summed E-state index contributed by atoms with van der Waals surface area (Å²) in [7, 11) is 1.59. The fraction of sp³-hybridized carbons (Fsp3) is 0.417. The Bertz CT molecular complexity index is 1080. The van der Waals surface area contributed by atoms with Crippen molar-refractivity contribution in [2.45, 2.75) is 13.8 Å². The molecule has 0 spiro atoms. The minimum Gasteiger partial charge on any atom is -0.493 e. The lowest BCUT2D eigenvalue weighted by molar-refractivity contribution is -0.120. The zero-order valence-corrected chi connectivity index (χ0v) is 19.6. The summed E-state index contributed by atoms with van der Waals surface area (Å²) in [6.45, 7) is 8.57. The smallest absolute Gasteiger partial charge is 0.266 e. The standard InChI is InChI=1S/C24H29N3O4S/c1-17-14-18(2)23-19(15-17)25-24(32-23)27(9-8-26-10-12-30-13-11-26)22(28)16-31-21-7-5-4-6-20(21)29-3/h4-7,14-15H,8-13,16H2,1-3H3. The maximum atomic E-state index is 13.3. The average Bonchev–Trinajstić information content (AvgIpc) is 3.22. The molecular formula is C24H29N3O4S. The number of amides is 1. The largest absolute Gasteiger partial charge is 0.493 e. The number of aryl methyl sites for hydroxylation is 2. The summed E-state index contributed by atoms with van der Waals surface area (Å²) in [5.41, 5.74) is 3.27. The van der Waals surface area contributed by atoms with Gasteiger partial charge < -0.3 is 14.2 Å². The highest BCUT2D eigenvalue weighted by atomic mass is 32.1. The molecule has 1 saturated heterocycles. The van der Waals surface area contributed by atoms with Gasteiger partial charge in [-0.1, -0.05) is 29.5 Å². The van der Waals surface area contributed by atoms with Crippen molar-refractivity contribution in [3.05, 3.63) is 47.5 Å². The molecule has 1 aliphatic rings. The number of fused-ring (bicyclic) bond motifs is 1. The van der Waals surface area contributed by atoms with Crippen molar-refractivity contribution in [2.75, 3.05) is 58.0 Å². The molecule has 0 bridgehead atoms. The molecule has 0 radical (unpaired) electrons. The predicted octanol–water partition coefficient (Wildman–Crippen LogP) is 3.67. The highest BCUT2D eigenvalue weighted by Crippen LogP contribution is 2.32. The first-order valence-corrected chi connectivity index (χ1v) is 11.6. The van der Waals surface area contributed by atoms with Crippen LogP contribution in [0.25, 0.3) is 10.2 Å². The lowest BCUT2D eigenvalue weighted by Crippen LogP contribution is -2.44. The Morgan fingerprint density at radius 1 is 1.19 bits per heavy atom. The molecule has 32 heavy (non-hydrogen) atoms. The van der Waals surface area contributed by atoms with E-state index in [1.165, 1.54) is 5.56 Å². The van der Waals surface area contributed by atoms with Crippen LogP contribution in [-0.4, -0.2) is 68.9 Å². The number of hydrogen-bond acceptors (Lipinski definition) is 7. The highest BCUT2D eigenvalue weighted by Gasteiger charge is 2.23. The molecule has 1 aromatic heterocycles. The van der Waals surface area contributed by atoms with Gasteiger partial charge in [0.05, 0.1) is 30.5 Å².